The molecule has 2 rings (SSSR count). The Morgan fingerprint density at radius 3 is 2.35 bits per heavy atom. The Kier molecular flexibility index (Phi) is 4.17. The van der Waals surface area contributed by atoms with E-state index in [0.29, 0.717) is 17.5 Å². The van der Waals surface area contributed by atoms with Crippen molar-refractivity contribution in [2.24, 2.45) is 0 Å². The molecule has 0 fully saturated rings. The number of nitrogens with one attached hydrogen (secondary N) is 1. The summed E-state index contributed by atoms with van der Waals surface area (Å²) in [6.07, 6.45) is 0. The molecule has 0 aliphatic heterocycles. The fourth-order valence-corrected chi connectivity index (χ4v) is 1.87. The van der Waals surface area contributed by atoms with Crippen molar-refractivity contribution in [1.29, 1.82) is 0 Å². The molecule has 0 spiro atoms. The number of nitrogens with zero attached hydrogens (tertiary/aromatic N) is 2. The molecule has 106 valence electrons. The van der Waals surface area contributed by atoms with Gasteiger partial charge in [-0.05, 0) is 24.6 Å². The molecule has 0 bridgehead atoms. The number of benzene rings is 1. The number of nitrogens with two attached hydrogens (primary N) is 1. The zero-order valence-corrected chi connectivity index (χ0v) is 11.9. The second-order valence-corrected chi connectivity index (χ2v) is 5.11. The average molecular weight is 274 g/mol. The van der Waals surface area contributed by atoms with Crippen molar-refractivity contribution >= 4 is 11.6 Å². The SMILES string of the molecule is CC(C)c1nc(N)cc(NC(C)c2ccc(F)cc2)n1. The van der Waals surface area contributed by atoms with Gasteiger partial charge in [-0.3, -0.25) is 0 Å². The molecule has 20 heavy (non-hydrogen) atoms. The zero-order chi connectivity index (χ0) is 14.7. The van der Waals surface area contributed by atoms with E-state index in [4.69, 9.17) is 5.73 Å². The Morgan fingerprint density at radius 1 is 1.10 bits per heavy atom. The highest BCUT2D eigenvalue weighted by molar-refractivity contribution is 5.46. The minimum atomic E-state index is -0.241. The third kappa shape index (κ3) is 3.44. The smallest absolute Gasteiger partial charge is 0.135 e. The number of hydrogen-bond donors (Lipinski definition) is 2. The highest BCUT2D eigenvalue weighted by Crippen LogP contribution is 2.21. The summed E-state index contributed by atoms with van der Waals surface area (Å²) in [6.45, 7) is 6.02. The second-order valence-electron chi connectivity index (χ2n) is 5.11. The molecule has 1 atom stereocenters. The van der Waals surface area contributed by atoms with Crippen LogP contribution in [-0.4, -0.2) is 9.97 Å². The fourth-order valence-electron chi connectivity index (χ4n) is 1.87. The summed E-state index contributed by atoms with van der Waals surface area (Å²) < 4.78 is 12.9. The summed E-state index contributed by atoms with van der Waals surface area (Å²) in [5.74, 6) is 1.80. The van der Waals surface area contributed by atoms with Crippen LogP contribution in [-0.2, 0) is 0 Å². The average Bonchev–Trinajstić information content (AvgIpc) is 2.38. The summed E-state index contributed by atoms with van der Waals surface area (Å²) in [4.78, 5) is 8.64. The minimum Gasteiger partial charge on any atom is -0.384 e. The second kappa shape index (κ2) is 5.86. The molecule has 0 amide bonds. The number of rotatable bonds is 4. The number of hydrogen-bond acceptors (Lipinski definition) is 4. The molecule has 3 N–H and O–H groups in total. The van der Waals surface area contributed by atoms with Crippen LogP contribution < -0.4 is 11.1 Å². The Labute approximate surface area is 118 Å². The lowest BCUT2D eigenvalue weighted by atomic mass is 10.1. The van der Waals surface area contributed by atoms with E-state index < -0.39 is 0 Å². The normalized spacial score (nSPS) is 12.4. The first kappa shape index (κ1) is 14.2. The van der Waals surface area contributed by atoms with E-state index in [2.05, 4.69) is 15.3 Å². The van der Waals surface area contributed by atoms with E-state index in [1.165, 1.54) is 12.1 Å². The van der Waals surface area contributed by atoms with Crippen molar-refractivity contribution in [2.75, 3.05) is 11.1 Å². The summed E-state index contributed by atoms with van der Waals surface area (Å²) in [5, 5.41) is 3.26. The van der Waals surface area contributed by atoms with Gasteiger partial charge in [-0.15, -0.1) is 0 Å². The molecule has 1 aromatic heterocycles. The van der Waals surface area contributed by atoms with Gasteiger partial charge < -0.3 is 11.1 Å². The van der Waals surface area contributed by atoms with Gasteiger partial charge in [0, 0.05) is 18.0 Å². The Balaban J connectivity index is 2.18. The van der Waals surface area contributed by atoms with Gasteiger partial charge in [0.15, 0.2) is 0 Å². The number of anilines is 2. The van der Waals surface area contributed by atoms with E-state index in [1.807, 2.05) is 20.8 Å². The highest BCUT2D eigenvalue weighted by Gasteiger charge is 2.10. The molecule has 0 aliphatic carbocycles. The van der Waals surface area contributed by atoms with Gasteiger partial charge in [0.2, 0.25) is 0 Å². The van der Waals surface area contributed by atoms with Crippen LogP contribution in [0.25, 0.3) is 0 Å². The third-order valence-electron chi connectivity index (χ3n) is 3.01. The molecule has 0 aliphatic rings. The Hall–Kier alpha value is -2.17. The largest absolute Gasteiger partial charge is 0.384 e. The maximum absolute atomic E-state index is 12.9. The van der Waals surface area contributed by atoms with Gasteiger partial charge in [0.05, 0.1) is 0 Å². The maximum Gasteiger partial charge on any atom is 0.135 e. The topological polar surface area (TPSA) is 63.8 Å². The lowest BCUT2D eigenvalue weighted by Gasteiger charge is -2.16. The van der Waals surface area contributed by atoms with Crippen LogP contribution in [0.3, 0.4) is 0 Å². The van der Waals surface area contributed by atoms with Gasteiger partial charge in [-0.2, -0.15) is 0 Å². The summed E-state index contributed by atoms with van der Waals surface area (Å²) >= 11 is 0. The lowest BCUT2D eigenvalue weighted by molar-refractivity contribution is 0.626. The molecule has 4 nitrogen and oxygen atoms in total. The van der Waals surface area contributed by atoms with Crippen LogP contribution in [0.1, 0.15) is 44.1 Å². The molecule has 1 unspecified atom stereocenters. The molecule has 0 saturated heterocycles. The van der Waals surface area contributed by atoms with Crippen molar-refractivity contribution in [3.05, 3.63) is 47.5 Å². The molecule has 0 saturated carbocycles. The number of nitrogen functional groups attached to an aromatic ring is 1. The van der Waals surface area contributed by atoms with E-state index in [9.17, 15) is 4.39 Å². The van der Waals surface area contributed by atoms with Crippen LogP contribution in [0, 0.1) is 5.82 Å². The van der Waals surface area contributed by atoms with Crippen molar-refractivity contribution in [3.63, 3.8) is 0 Å². The van der Waals surface area contributed by atoms with Crippen LogP contribution in [0.5, 0.6) is 0 Å². The first-order valence-electron chi connectivity index (χ1n) is 6.62. The monoisotopic (exact) mass is 274 g/mol. The predicted octanol–water partition coefficient (Wildman–Crippen LogP) is 3.49. The van der Waals surface area contributed by atoms with E-state index in [0.717, 1.165) is 5.56 Å². The number of halogens is 1. The standard InChI is InChI=1S/C15H19FN4/c1-9(2)15-19-13(17)8-14(20-15)18-10(3)11-4-6-12(16)7-5-11/h4-10H,1-3H3,(H3,17,18,19,20). The quantitative estimate of drug-likeness (QED) is 0.895. The zero-order valence-electron chi connectivity index (χ0n) is 11.9. The molecule has 0 radical (unpaired) electrons. The van der Waals surface area contributed by atoms with Crippen LogP contribution in [0.15, 0.2) is 30.3 Å². The molecule has 2 aromatic rings. The summed E-state index contributed by atoms with van der Waals surface area (Å²) in [7, 11) is 0. The molecule has 5 heteroatoms. The fraction of sp³-hybridized carbons (Fsp3) is 0.333. The molecule has 1 heterocycles. The Morgan fingerprint density at radius 2 is 1.75 bits per heavy atom. The van der Waals surface area contributed by atoms with E-state index >= 15 is 0 Å². The van der Waals surface area contributed by atoms with Gasteiger partial charge >= 0.3 is 0 Å². The minimum absolute atomic E-state index is 0.00455. The van der Waals surface area contributed by atoms with Gasteiger partial charge in [-0.25, -0.2) is 14.4 Å². The Bertz CT molecular complexity index is 581. The summed E-state index contributed by atoms with van der Waals surface area (Å²) in [5.41, 5.74) is 6.77. The first-order valence-corrected chi connectivity index (χ1v) is 6.62. The first-order chi connectivity index (χ1) is 9.45. The van der Waals surface area contributed by atoms with Crippen molar-refractivity contribution in [2.45, 2.75) is 32.7 Å². The van der Waals surface area contributed by atoms with Crippen LogP contribution in [0.2, 0.25) is 0 Å². The van der Waals surface area contributed by atoms with Crippen LogP contribution in [0.4, 0.5) is 16.0 Å². The lowest BCUT2D eigenvalue weighted by Crippen LogP contribution is -2.11. The van der Waals surface area contributed by atoms with Gasteiger partial charge in [0.25, 0.3) is 0 Å². The highest BCUT2D eigenvalue weighted by atomic mass is 19.1. The van der Waals surface area contributed by atoms with Gasteiger partial charge in [-0.1, -0.05) is 26.0 Å². The summed E-state index contributed by atoms with van der Waals surface area (Å²) in [6, 6.07) is 8.10. The molecular formula is C15H19FN4. The van der Waals surface area contributed by atoms with Gasteiger partial charge in [0.1, 0.15) is 23.3 Å². The van der Waals surface area contributed by atoms with E-state index in [1.54, 1.807) is 18.2 Å². The third-order valence-corrected chi connectivity index (χ3v) is 3.01. The van der Waals surface area contributed by atoms with Crippen molar-refractivity contribution in [1.82, 2.24) is 9.97 Å². The number of aromatic nitrogens is 2. The van der Waals surface area contributed by atoms with Crippen molar-refractivity contribution in [3.8, 4) is 0 Å². The molecular weight excluding hydrogens is 255 g/mol. The molecule has 1 aromatic carbocycles. The van der Waals surface area contributed by atoms with Crippen molar-refractivity contribution < 1.29 is 4.39 Å². The maximum atomic E-state index is 12.9. The van der Waals surface area contributed by atoms with Crippen LogP contribution >= 0.6 is 0 Å². The van der Waals surface area contributed by atoms with E-state index in [-0.39, 0.29) is 17.8 Å². The predicted molar refractivity (Wildman–Crippen MR) is 79.0 cm³/mol.